The Balaban J connectivity index is 1.53. The normalized spacial score (nSPS) is 13.2. The lowest BCUT2D eigenvalue weighted by molar-refractivity contribution is 0.102. The van der Waals surface area contributed by atoms with Gasteiger partial charge in [-0.2, -0.15) is 0 Å². The van der Waals surface area contributed by atoms with Crippen LogP contribution in [-0.4, -0.2) is 22.4 Å². The molecule has 1 N–H and O–H groups in total. The Kier molecular flexibility index (Phi) is 4.31. The van der Waals surface area contributed by atoms with Crippen molar-refractivity contribution in [3.8, 4) is 0 Å². The number of aromatic nitrogens is 2. The van der Waals surface area contributed by atoms with Gasteiger partial charge in [0.15, 0.2) is 0 Å². The second-order valence-electron chi connectivity index (χ2n) is 6.17. The molecule has 0 unspecified atom stereocenters. The van der Waals surface area contributed by atoms with Crippen LogP contribution in [0.4, 0.5) is 15.9 Å². The summed E-state index contributed by atoms with van der Waals surface area (Å²) in [6.45, 7) is 1.58. The number of halogens is 1. The average Bonchev–Trinajstić information content (AvgIpc) is 2.68. The largest absolute Gasteiger partial charge is 0.352 e. The van der Waals surface area contributed by atoms with E-state index in [0.29, 0.717) is 11.5 Å². The number of hydrogen-bond acceptors (Lipinski definition) is 4. The Labute approximate surface area is 150 Å². The molecule has 130 valence electrons. The maximum Gasteiger partial charge on any atom is 0.274 e. The second kappa shape index (κ2) is 6.92. The molecule has 1 amide bonds. The molecule has 0 bridgehead atoms. The molecule has 1 aliphatic rings. The molecule has 1 aromatic heterocycles. The van der Waals surface area contributed by atoms with E-state index in [2.05, 4.69) is 32.3 Å². The van der Waals surface area contributed by atoms with Crippen LogP contribution < -0.4 is 10.2 Å². The Morgan fingerprint density at radius 1 is 1.04 bits per heavy atom. The van der Waals surface area contributed by atoms with Crippen LogP contribution in [0.3, 0.4) is 0 Å². The number of carbonyl (C=O) groups is 1. The molecule has 6 heteroatoms. The minimum Gasteiger partial charge on any atom is -0.352 e. The molecular weight excluding hydrogens is 331 g/mol. The van der Waals surface area contributed by atoms with E-state index in [4.69, 9.17) is 0 Å². The predicted molar refractivity (Wildman–Crippen MR) is 97.6 cm³/mol. The fourth-order valence-corrected chi connectivity index (χ4v) is 3.10. The van der Waals surface area contributed by atoms with E-state index in [-0.39, 0.29) is 5.69 Å². The summed E-state index contributed by atoms with van der Waals surface area (Å²) in [4.78, 5) is 22.9. The SMILES string of the molecule is O=C(Nc1cccc(F)c1)c1cc(N2CCc3ccccc3C2)ncn1. The van der Waals surface area contributed by atoms with Gasteiger partial charge in [-0.05, 0) is 35.7 Å². The lowest BCUT2D eigenvalue weighted by Crippen LogP contribution is -2.31. The fraction of sp³-hybridized carbons (Fsp3) is 0.150. The monoisotopic (exact) mass is 348 g/mol. The van der Waals surface area contributed by atoms with Crippen molar-refractivity contribution in [3.05, 3.63) is 83.6 Å². The van der Waals surface area contributed by atoms with Crippen LogP contribution in [0.2, 0.25) is 0 Å². The van der Waals surface area contributed by atoms with Gasteiger partial charge in [0, 0.05) is 24.8 Å². The zero-order valence-corrected chi connectivity index (χ0v) is 14.0. The summed E-state index contributed by atoms with van der Waals surface area (Å²) in [6.07, 6.45) is 2.32. The molecule has 5 nitrogen and oxygen atoms in total. The molecule has 4 rings (SSSR count). The van der Waals surface area contributed by atoms with Crippen LogP contribution in [0, 0.1) is 5.82 Å². The topological polar surface area (TPSA) is 58.1 Å². The van der Waals surface area contributed by atoms with Crippen LogP contribution in [-0.2, 0) is 13.0 Å². The minimum atomic E-state index is -0.404. The Hall–Kier alpha value is -3.28. The third-order valence-corrected chi connectivity index (χ3v) is 4.42. The minimum absolute atomic E-state index is 0.248. The molecule has 0 aliphatic carbocycles. The van der Waals surface area contributed by atoms with Crippen molar-refractivity contribution in [3.63, 3.8) is 0 Å². The van der Waals surface area contributed by atoms with Crippen LogP contribution in [0.15, 0.2) is 60.9 Å². The van der Waals surface area contributed by atoms with E-state index in [1.165, 1.54) is 29.6 Å². The summed E-state index contributed by atoms with van der Waals surface area (Å²) in [5.74, 6) is -0.0892. The number of benzene rings is 2. The number of hydrogen-bond donors (Lipinski definition) is 1. The summed E-state index contributed by atoms with van der Waals surface area (Å²) in [7, 11) is 0. The summed E-state index contributed by atoms with van der Waals surface area (Å²) in [5.41, 5.74) is 3.25. The number of rotatable bonds is 3. The number of nitrogens with zero attached hydrogens (tertiary/aromatic N) is 3. The highest BCUT2D eigenvalue weighted by Crippen LogP contribution is 2.23. The second-order valence-corrected chi connectivity index (χ2v) is 6.17. The van der Waals surface area contributed by atoms with Crippen molar-refractivity contribution in [2.24, 2.45) is 0 Å². The number of anilines is 2. The molecule has 0 spiro atoms. The van der Waals surface area contributed by atoms with Crippen LogP contribution in [0.1, 0.15) is 21.6 Å². The molecule has 0 atom stereocenters. The van der Waals surface area contributed by atoms with Gasteiger partial charge in [0.25, 0.3) is 5.91 Å². The summed E-state index contributed by atoms with van der Waals surface area (Å²) < 4.78 is 13.3. The van der Waals surface area contributed by atoms with Crippen molar-refractivity contribution in [1.82, 2.24) is 9.97 Å². The van der Waals surface area contributed by atoms with Crippen molar-refractivity contribution < 1.29 is 9.18 Å². The summed E-state index contributed by atoms with van der Waals surface area (Å²) in [5, 5.41) is 2.66. The van der Waals surface area contributed by atoms with Gasteiger partial charge in [-0.15, -0.1) is 0 Å². The van der Waals surface area contributed by atoms with Gasteiger partial charge in [-0.1, -0.05) is 30.3 Å². The van der Waals surface area contributed by atoms with E-state index >= 15 is 0 Å². The smallest absolute Gasteiger partial charge is 0.274 e. The highest BCUT2D eigenvalue weighted by Gasteiger charge is 2.18. The number of amides is 1. The van der Waals surface area contributed by atoms with E-state index in [1.54, 1.807) is 18.2 Å². The average molecular weight is 348 g/mol. The fourth-order valence-electron chi connectivity index (χ4n) is 3.10. The molecule has 2 heterocycles. The van der Waals surface area contributed by atoms with E-state index in [9.17, 15) is 9.18 Å². The maximum absolute atomic E-state index is 13.3. The van der Waals surface area contributed by atoms with Crippen LogP contribution in [0.5, 0.6) is 0 Å². The third kappa shape index (κ3) is 3.39. The number of nitrogens with one attached hydrogen (secondary N) is 1. The van der Waals surface area contributed by atoms with Crippen molar-refractivity contribution >= 4 is 17.4 Å². The first-order valence-corrected chi connectivity index (χ1v) is 8.40. The molecule has 0 fully saturated rings. The lowest BCUT2D eigenvalue weighted by Gasteiger charge is -2.29. The quantitative estimate of drug-likeness (QED) is 0.788. The van der Waals surface area contributed by atoms with Crippen LogP contribution in [0.25, 0.3) is 0 Å². The van der Waals surface area contributed by atoms with Crippen LogP contribution >= 0.6 is 0 Å². The molecule has 0 radical (unpaired) electrons. The lowest BCUT2D eigenvalue weighted by atomic mass is 10.00. The van der Waals surface area contributed by atoms with E-state index < -0.39 is 11.7 Å². The number of fused-ring (bicyclic) bond motifs is 1. The molecule has 1 aliphatic heterocycles. The maximum atomic E-state index is 13.3. The standard InChI is InChI=1S/C20H17FN4O/c21-16-6-3-7-17(10-16)24-20(26)18-11-19(23-13-22-18)25-9-8-14-4-1-2-5-15(14)12-25/h1-7,10-11,13H,8-9,12H2,(H,24,26). The van der Waals surface area contributed by atoms with Gasteiger partial charge >= 0.3 is 0 Å². The highest BCUT2D eigenvalue weighted by atomic mass is 19.1. The molecule has 2 aromatic carbocycles. The van der Waals surface area contributed by atoms with Gasteiger partial charge in [0.2, 0.25) is 0 Å². The van der Waals surface area contributed by atoms with Crippen molar-refractivity contribution in [1.29, 1.82) is 0 Å². The third-order valence-electron chi connectivity index (χ3n) is 4.42. The molecular formula is C20H17FN4O. The molecule has 0 saturated carbocycles. The molecule has 0 saturated heterocycles. The summed E-state index contributed by atoms with van der Waals surface area (Å²) in [6, 6.07) is 15.8. The predicted octanol–water partition coefficient (Wildman–Crippen LogP) is 3.43. The first kappa shape index (κ1) is 16.2. The first-order chi connectivity index (χ1) is 12.7. The van der Waals surface area contributed by atoms with E-state index in [0.717, 1.165) is 19.5 Å². The van der Waals surface area contributed by atoms with Gasteiger partial charge in [-0.3, -0.25) is 4.79 Å². The highest BCUT2D eigenvalue weighted by molar-refractivity contribution is 6.03. The van der Waals surface area contributed by atoms with E-state index in [1.807, 2.05) is 12.1 Å². The van der Waals surface area contributed by atoms with Crippen molar-refractivity contribution in [2.45, 2.75) is 13.0 Å². The van der Waals surface area contributed by atoms with Gasteiger partial charge in [-0.25, -0.2) is 14.4 Å². The Morgan fingerprint density at radius 3 is 2.73 bits per heavy atom. The number of carbonyl (C=O) groups excluding carboxylic acids is 1. The van der Waals surface area contributed by atoms with Gasteiger partial charge in [0.05, 0.1) is 0 Å². The van der Waals surface area contributed by atoms with Crippen molar-refractivity contribution in [2.75, 3.05) is 16.8 Å². The Morgan fingerprint density at radius 2 is 1.88 bits per heavy atom. The van der Waals surface area contributed by atoms with Gasteiger partial charge < -0.3 is 10.2 Å². The molecule has 26 heavy (non-hydrogen) atoms. The van der Waals surface area contributed by atoms with Gasteiger partial charge in [0.1, 0.15) is 23.7 Å². The summed E-state index contributed by atoms with van der Waals surface area (Å²) >= 11 is 0. The zero-order chi connectivity index (χ0) is 17.9. The zero-order valence-electron chi connectivity index (χ0n) is 14.0. The first-order valence-electron chi connectivity index (χ1n) is 8.40. The molecule has 3 aromatic rings. The Bertz CT molecular complexity index is 960.